The maximum absolute atomic E-state index is 8.72. The van der Waals surface area contributed by atoms with Gasteiger partial charge in [0.25, 0.3) is 0 Å². The van der Waals surface area contributed by atoms with Crippen LogP contribution >= 0.6 is 0 Å². The summed E-state index contributed by atoms with van der Waals surface area (Å²) in [4.78, 5) is 0. The third-order valence-electron chi connectivity index (χ3n) is 2.40. The largest absolute Gasteiger partial charge is 0.411 e. The molecule has 1 aromatic rings. The summed E-state index contributed by atoms with van der Waals surface area (Å²) >= 11 is 0. The van der Waals surface area contributed by atoms with Gasteiger partial charge >= 0.3 is 0 Å². The Hall–Kier alpha value is -1.51. The predicted octanol–water partition coefficient (Wildman–Crippen LogP) is 2.46. The molecule has 0 atom stereocenters. The van der Waals surface area contributed by atoms with Crippen molar-refractivity contribution in [3.63, 3.8) is 0 Å². The topological polar surface area (TPSA) is 44.6 Å². The molecule has 0 amide bonds. The molecule has 0 aromatic heterocycles. The zero-order valence-electron chi connectivity index (χ0n) is 8.20. The molecule has 0 radical (unpaired) electrons. The number of nitrogens with one attached hydrogen (secondary N) is 1. The van der Waals surface area contributed by atoms with Crippen LogP contribution in [0.15, 0.2) is 29.4 Å². The van der Waals surface area contributed by atoms with E-state index in [0.29, 0.717) is 11.8 Å². The standard InChI is InChI=1S/C11H14N2O/c1-8(13-14)10-4-2-3-5-11(10)12-9-6-7-9/h2-5,9,12,14H,6-7H2,1H3/b13-8+. The van der Waals surface area contributed by atoms with E-state index in [1.807, 2.05) is 24.3 Å². The van der Waals surface area contributed by atoms with E-state index >= 15 is 0 Å². The van der Waals surface area contributed by atoms with Crippen LogP contribution in [0, 0.1) is 0 Å². The molecule has 0 saturated heterocycles. The maximum Gasteiger partial charge on any atom is 0.0857 e. The zero-order valence-corrected chi connectivity index (χ0v) is 8.20. The predicted molar refractivity (Wildman–Crippen MR) is 57.1 cm³/mol. The lowest BCUT2D eigenvalue weighted by atomic mass is 10.1. The highest BCUT2D eigenvalue weighted by Gasteiger charge is 2.21. The third kappa shape index (κ3) is 1.87. The minimum atomic E-state index is 0.614. The molecular formula is C11H14N2O. The van der Waals surface area contributed by atoms with Crippen LogP contribution in [-0.2, 0) is 0 Å². The van der Waals surface area contributed by atoms with Gasteiger partial charge in [0.2, 0.25) is 0 Å². The second-order valence-corrected chi connectivity index (χ2v) is 3.65. The molecule has 74 valence electrons. The van der Waals surface area contributed by atoms with E-state index in [9.17, 15) is 0 Å². The van der Waals surface area contributed by atoms with Crippen LogP contribution < -0.4 is 5.32 Å². The highest BCUT2D eigenvalue weighted by molar-refractivity contribution is 6.03. The highest BCUT2D eigenvalue weighted by atomic mass is 16.4. The fraction of sp³-hybridized carbons (Fsp3) is 0.364. The van der Waals surface area contributed by atoms with E-state index in [1.165, 1.54) is 12.8 Å². The Morgan fingerprint density at radius 2 is 2.14 bits per heavy atom. The summed E-state index contributed by atoms with van der Waals surface area (Å²) in [5, 5.41) is 15.4. The number of oxime groups is 1. The number of anilines is 1. The molecule has 1 aliphatic rings. The van der Waals surface area contributed by atoms with Crippen molar-refractivity contribution in [1.29, 1.82) is 0 Å². The summed E-state index contributed by atoms with van der Waals surface area (Å²) in [5.41, 5.74) is 2.68. The Kier molecular flexibility index (Phi) is 2.39. The fourth-order valence-corrected chi connectivity index (χ4v) is 1.43. The van der Waals surface area contributed by atoms with Crippen LogP contribution in [0.3, 0.4) is 0 Å². The summed E-state index contributed by atoms with van der Waals surface area (Å²) in [7, 11) is 0. The maximum atomic E-state index is 8.72. The summed E-state index contributed by atoms with van der Waals surface area (Å²) < 4.78 is 0. The van der Waals surface area contributed by atoms with Crippen molar-refractivity contribution in [3.8, 4) is 0 Å². The first-order valence-electron chi connectivity index (χ1n) is 4.86. The molecule has 0 spiro atoms. The van der Waals surface area contributed by atoms with Crippen LogP contribution in [0.25, 0.3) is 0 Å². The highest BCUT2D eigenvalue weighted by Crippen LogP contribution is 2.26. The molecule has 3 heteroatoms. The van der Waals surface area contributed by atoms with Crippen LogP contribution in [-0.4, -0.2) is 17.0 Å². The minimum absolute atomic E-state index is 0.614. The summed E-state index contributed by atoms with van der Waals surface area (Å²) in [5.74, 6) is 0. The first-order chi connectivity index (χ1) is 6.81. The molecule has 1 fully saturated rings. The molecular weight excluding hydrogens is 176 g/mol. The van der Waals surface area contributed by atoms with E-state index in [1.54, 1.807) is 6.92 Å². The second kappa shape index (κ2) is 3.70. The van der Waals surface area contributed by atoms with Gasteiger partial charge in [-0.2, -0.15) is 0 Å². The van der Waals surface area contributed by atoms with E-state index in [-0.39, 0.29) is 0 Å². The second-order valence-electron chi connectivity index (χ2n) is 3.65. The Bertz CT molecular complexity index is 356. The van der Waals surface area contributed by atoms with Gasteiger partial charge in [0.05, 0.1) is 5.71 Å². The average molecular weight is 190 g/mol. The van der Waals surface area contributed by atoms with Gasteiger partial charge in [0.15, 0.2) is 0 Å². The number of benzene rings is 1. The van der Waals surface area contributed by atoms with Crippen molar-refractivity contribution in [1.82, 2.24) is 0 Å². The van der Waals surface area contributed by atoms with Crippen LogP contribution in [0.2, 0.25) is 0 Å². The Morgan fingerprint density at radius 1 is 1.43 bits per heavy atom. The Morgan fingerprint density at radius 3 is 2.79 bits per heavy atom. The Labute approximate surface area is 83.4 Å². The van der Waals surface area contributed by atoms with Gasteiger partial charge in [0.1, 0.15) is 0 Å². The van der Waals surface area contributed by atoms with Crippen LogP contribution in [0.1, 0.15) is 25.3 Å². The van der Waals surface area contributed by atoms with Crippen LogP contribution in [0.4, 0.5) is 5.69 Å². The smallest absolute Gasteiger partial charge is 0.0857 e. The van der Waals surface area contributed by atoms with Crippen molar-refractivity contribution in [2.75, 3.05) is 5.32 Å². The third-order valence-corrected chi connectivity index (χ3v) is 2.40. The number of para-hydroxylation sites is 1. The summed E-state index contributed by atoms with van der Waals surface area (Å²) in [6, 6.07) is 8.52. The lowest BCUT2D eigenvalue weighted by Gasteiger charge is -2.09. The minimum Gasteiger partial charge on any atom is -0.411 e. The SMILES string of the molecule is C/C(=N\O)c1ccccc1NC1CC1. The van der Waals surface area contributed by atoms with E-state index in [2.05, 4.69) is 10.5 Å². The van der Waals surface area contributed by atoms with Crippen LogP contribution in [0.5, 0.6) is 0 Å². The van der Waals surface area contributed by atoms with E-state index in [4.69, 9.17) is 5.21 Å². The molecule has 0 aliphatic heterocycles. The lowest BCUT2D eigenvalue weighted by molar-refractivity contribution is 0.319. The zero-order chi connectivity index (χ0) is 9.97. The van der Waals surface area contributed by atoms with Gasteiger partial charge in [0, 0.05) is 17.3 Å². The van der Waals surface area contributed by atoms with Gasteiger partial charge in [-0.15, -0.1) is 0 Å². The number of hydrogen-bond donors (Lipinski definition) is 2. The van der Waals surface area contributed by atoms with Crippen molar-refractivity contribution in [2.45, 2.75) is 25.8 Å². The van der Waals surface area contributed by atoms with Crippen molar-refractivity contribution in [3.05, 3.63) is 29.8 Å². The van der Waals surface area contributed by atoms with Crippen molar-refractivity contribution in [2.24, 2.45) is 5.16 Å². The first kappa shape index (κ1) is 9.06. The first-order valence-corrected chi connectivity index (χ1v) is 4.86. The quantitative estimate of drug-likeness (QED) is 0.437. The van der Waals surface area contributed by atoms with Crippen molar-refractivity contribution < 1.29 is 5.21 Å². The summed E-state index contributed by atoms with van der Waals surface area (Å²) in [6.07, 6.45) is 2.48. The lowest BCUT2D eigenvalue weighted by Crippen LogP contribution is -2.06. The van der Waals surface area contributed by atoms with Gasteiger partial charge < -0.3 is 10.5 Å². The molecule has 2 rings (SSSR count). The summed E-state index contributed by atoms with van der Waals surface area (Å²) in [6.45, 7) is 1.80. The fourth-order valence-electron chi connectivity index (χ4n) is 1.43. The van der Waals surface area contributed by atoms with Gasteiger partial charge in [-0.1, -0.05) is 23.4 Å². The number of hydrogen-bond acceptors (Lipinski definition) is 3. The molecule has 0 unspecified atom stereocenters. The Balaban J connectivity index is 2.27. The molecule has 3 nitrogen and oxygen atoms in total. The molecule has 1 aromatic carbocycles. The molecule has 0 heterocycles. The van der Waals surface area contributed by atoms with Crippen molar-refractivity contribution >= 4 is 11.4 Å². The average Bonchev–Trinajstić information content (AvgIpc) is 3.01. The molecule has 1 aliphatic carbocycles. The van der Waals surface area contributed by atoms with Gasteiger partial charge in [-0.3, -0.25) is 0 Å². The monoisotopic (exact) mass is 190 g/mol. The molecule has 1 saturated carbocycles. The molecule has 14 heavy (non-hydrogen) atoms. The van der Waals surface area contributed by atoms with Gasteiger partial charge in [-0.05, 0) is 25.8 Å². The molecule has 0 bridgehead atoms. The normalized spacial score (nSPS) is 16.8. The van der Waals surface area contributed by atoms with Gasteiger partial charge in [-0.25, -0.2) is 0 Å². The molecule has 2 N–H and O–H groups in total. The number of nitrogens with zero attached hydrogens (tertiary/aromatic N) is 1. The number of rotatable bonds is 3. The van der Waals surface area contributed by atoms with E-state index < -0.39 is 0 Å². The van der Waals surface area contributed by atoms with E-state index in [0.717, 1.165) is 11.3 Å².